The number of allylic oxidation sites excluding steroid dienone is 1. The first-order chi connectivity index (χ1) is 13.4. The maximum absolute atomic E-state index is 12.4. The molecule has 1 aliphatic carbocycles. The molecule has 0 saturated carbocycles. The smallest absolute Gasteiger partial charge is 0.319 e. The van der Waals surface area contributed by atoms with Crippen LogP contribution in [0.15, 0.2) is 47.2 Å². The molecule has 1 fully saturated rings. The number of piperidine rings is 1. The fraction of sp³-hybridized carbons (Fsp3) is 0.522. The molecule has 2 amide bonds. The van der Waals surface area contributed by atoms with Gasteiger partial charge >= 0.3 is 6.03 Å². The fourth-order valence-electron chi connectivity index (χ4n) is 4.98. The number of aromatic hydroxyl groups is 1. The topological polar surface area (TPSA) is 64.6 Å². The van der Waals surface area contributed by atoms with E-state index in [1.807, 2.05) is 18.2 Å². The lowest BCUT2D eigenvalue weighted by atomic mass is 9.69. The van der Waals surface area contributed by atoms with E-state index in [2.05, 4.69) is 35.5 Å². The van der Waals surface area contributed by atoms with Gasteiger partial charge in [0.2, 0.25) is 0 Å². The third-order valence-corrected chi connectivity index (χ3v) is 6.29. The van der Waals surface area contributed by atoms with Gasteiger partial charge in [-0.2, -0.15) is 0 Å². The van der Waals surface area contributed by atoms with Gasteiger partial charge in [-0.25, -0.2) is 4.79 Å². The molecule has 5 nitrogen and oxygen atoms in total. The largest absolute Gasteiger partial charge is 0.508 e. The second-order valence-electron chi connectivity index (χ2n) is 8.93. The molecule has 1 unspecified atom stereocenters. The van der Waals surface area contributed by atoms with Crippen molar-refractivity contribution in [2.45, 2.75) is 52.0 Å². The highest BCUT2D eigenvalue weighted by atomic mass is 16.3. The molecule has 2 heterocycles. The van der Waals surface area contributed by atoms with Crippen molar-refractivity contribution in [2.24, 2.45) is 5.41 Å². The molecule has 3 aliphatic rings. The summed E-state index contributed by atoms with van der Waals surface area (Å²) in [6, 6.07) is 6.76. The molecule has 0 radical (unpaired) electrons. The number of para-hydroxylation sites is 1. The van der Waals surface area contributed by atoms with E-state index in [-0.39, 0.29) is 23.2 Å². The van der Waals surface area contributed by atoms with Crippen molar-refractivity contribution in [1.82, 2.24) is 15.5 Å². The molecule has 1 aromatic rings. The minimum Gasteiger partial charge on any atom is -0.508 e. The third-order valence-electron chi connectivity index (χ3n) is 6.29. The lowest BCUT2D eigenvalue weighted by Crippen LogP contribution is -2.47. The number of hydrogen-bond donors (Lipinski definition) is 3. The second kappa shape index (κ2) is 7.63. The summed E-state index contributed by atoms with van der Waals surface area (Å²) in [6.07, 6.45) is 8.17. The molecule has 1 saturated heterocycles. The molecule has 1 aromatic carbocycles. The zero-order valence-electron chi connectivity index (χ0n) is 16.9. The average Bonchev–Trinajstić information content (AvgIpc) is 2.66. The molecule has 4 rings (SSSR count). The fourth-order valence-corrected chi connectivity index (χ4v) is 4.98. The maximum atomic E-state index is 12.4. The van der Waals surface area contributed by atoms with Crippen LogP contribution in [0.3, 0.4) is 0 Å². The number of carbonyl (C=O) groups excluding carboxylic acids is 1. The van der Waals surface area contributed by atoms with E-state index in [1.165, 1.54) is 37.9 Å². The quantitative estimate of drug-likeness (QED) is 0.731. The molecule has 5 heteroatoms. The van der Waals surface area contributed by atoms with Gasteiger partial charge in [0, 0.05) is 17.8 Å². The van der Waals surface area contributed by atoms with E-state index in [9.17, 15) is 9.90 Å². The molecule has 0 aromatic heterocycles. The van der Waals surface area contributed by atoms with E-state index in [1.54, 1.807) is 6.07 Å². The van der Waals surface area contributed by atoms with Gasteiger partial charge in [0.15, 0.2) is 0 Å². The van der Waals surface area contributed by atoms with Crippen molar-refractivity contribution < 1.29 is 9.90 Å². The summed E-state index contributed by atoms with van der Waals surface area (Å²) in [6.45, 7) is 7.99. The van der Waals surface area contributed by atoms with Crippen LogP contribution in [-0.4, -0.2) is 35.7 Å². The van der Waals surface area contributed by atoms with Gasteiger partial charge in [0.25, 0.3) is 0 Å². The molecule has 0 bridgehead atoms. The number of phenols is 1. The molecule has 1 atom stereocenters. The summed E-state index contributed by atoms with van der Waals surface area (Å²) in [5.74, 6) is 0.220. The molecule has 3 N–H and O–H groups in total. The Kier molecular flexibility index (Phi) is 5.19. The number of amides is 2. The number of benzene rings is 1. The summed E-state index contributed by atoms with van der Waals surface area (Å²) in [5, 5.41) is 16.4. The van der Waals surface area contributed by atoms with E-state index < -0.39 is 0 Å². The Morgan fingerprint density at radius 2 is 1.93 bits per heavy atom. The van der Waals surface area contributed by atoms with Crippen molar-refractivity contribution >= 4 is 6.03 Å². The summed E-state index contributed by atoms with van der Waals surface area (Å²) < 4.78 is 0. The van der Waals surface area contributed by atoms with Gasteiger partial charge in [-0.1, -0.05) is 44.0 Å². The Bertz CT molecular complexity index is 819. The predicted molar refractivity (Wildman–Crippen MR) is 111 cm³/mol. The van der Waals surface area contributed by atoms with Gasteiger partial charge < -0.3 is 20.6 Å². The first-order valence-electron chi connectivity index (χ1n) is 10.5. The lowest BCUT2D eigenvalue weighted by molar-refractivity contribution is 0.226. The van der Waals surface area contributed by atoms with Gasteiger partial charge in [-0.3, -0.25) is 0 Å². The van der Waals surface area contributed by atoms with Gasteiger partial charge in [-0.05, 0) is 61.9 Å². The summed E-state index contributed by atoms with van der Waals surface area (Å²) in [7, 11) is 0. The minimum absolute atomic E-state index is 0.102. The van der Waals surface area contributed by atoms with Crippen molar-refractivity contribution in [3.8, 4) is 5.75 Å². The van der Waals surface area contributed by atoms with Crippen molar-refractivity contribution in [3.05, 3.63) is 52.7 Å². The SMILES string of the molecule is CC1(C)CC(CCN2CCCCC2)=CC2=C1C(c1ccccc1O)NC(=O)N2. The van der Waals surface area contributed by atoms with E-state index in [0.29, 0.717) is 0 Å². The van der Waals surface area contributed by atoms with E-state index >= 15 is 0 Å². The average molecular weight is 382 g/mol. The monoisotopic (exact) mass is 381 g/mol. The molecule has 2 aliphatic heterocycles. The number of likely N-dealkylation sites (tertiary alicyclic amines) is 1. The van der Waals surface area contributed by atoms with Crippen molar-refractivity contribution in [2.75, 3.05) is 19.6 Å². The van der Waals surface area contributed by atoms with E-state index in [0.717, 1.165) is 36.2 Å². The van der Waals surface area contributed by atoms with E-state index in [4.69, 9.17) is 0 Å². The van der Waals surface area contributed by atoms with Crippen LogP contribution in [-0.2, 0) is 0 Å². The number of phenolic OH excluding ortho intramolecular Hbond substituents is 1. The molecular formula is C23H31N3O2. The zero-order valence-corrected chi connectivity index (χ0v) is 16.9. The number of nitrogens with zero attached hydrogens (tertiary/aromatic N) is 1. The second-order valence-corrected chi connectivity index (χ2v) is 8.93. The number of rotatable bonds is 4. The number of carbonyl (C=O) groups is 1. The first-order valence-corrected chi connectivity index (χ1v) is 10.5. The molecule has 0 spiro atoms. The number of nitrogens with one attached hydrogen (secondary N) is 2. The lowest BCUT2D eigenvalue weighted by Gasteiger charge is -2.42. The van der Waals surface area contributed by atoms with Crippen LogP contribution in [0, 0.1) is 5.41 Å². The van der Waals surface area contributed by atoms with Crippen molar-refractivity contribution in [3.63, 3.8) is 0 Å². The highest BCUT2D eigenvalue weighted by Crippen LogP contribution is 2.48. The van der Waals surface area contributed by atoms with Crippen LogP contribution in [0.1, 0.15) is 57.6 Å². The highest BCUT2D eigenvalue weighted by molar-refractivity contribution is 5.80. The van der Waals surface area contributed by atoms with Crippen molar-refractivity contribution in [1.29, 1.82) is 0 Å². The number of urea groups is 1. The third kappa shape index (κ3) is 3.81. The summed E-state index contributed by atoms with van der Waals surface area (Å²) in [5.41, 5.74) is 4.10. The summed E-state index contributed by atoms with van der Waals surface area (Å²) in [4.78, 5) is 14.9. The number of hydrogen-bond acceptors (Lipinski definition) is 3. The normalized spacial score (nSPS) is 24.9. The van der Waals surface area contributed by atoms with Gasteiger partial charge in [0.05, 0.1) is 6.04 Å². The van der Waals surface area contributed by atoms with Gasteiger partial charge in [0.1, 0.15) is 5.75 Å². The Morgan fingerprint density at radius 3 is 2.68 bits per heavy atom. The standard InChI is InChI=1S/C23H31N3O2/c1-23(2)15-16(10-13-26-11-6-3-7-12-26)14-18-20(23)21(25-22(28)24-18)17-8-4-5-9-19(17)27/h4-5,8-9,14,21,27H,3,6-7,10-13,15H2,1-2H3,(H2,24,25,28). The minimum atomic E-state index is -0.306. The highest BCUT2D eigenvalue weighted by Gasteiger charge is 2.40. The van der Waals surface area contributed by atoms with Crippen LogP contribution in [0.4, 0.5) is 4.79 Å². The van der Waals surface area contributed by atoms with Crippen LogP contribution in [0.2, 0.25) is 0 Å². The van der Waals surface area contributed by atoms with Gasteiger partial charge in [-0.15, -0.1) is 0 Å². The maximum Gasteiger partial charge on any atom is 0.319 e. The Hall–Kier alpha value is -2.27. The Balaban J connectivity index is 1.62. The molecule has 28 heavy (non-hydrogen) atoms. The van der Waals surface area contributed by atoms with Crippen LogP contribution >= 0.6 is 0 Å². The molecule has 150 valence electrons. The zero-order chi connectivity index (χ0) is 19.7. The van der Waals surface area contributed by atoms with Crippen LogP contribution < -0.4 is 10.6 Å². The summed E-state index contributed by atoms with van der Waals surface area (Å²) >= 11 is 0. The predicted octanol–water partition coefficient (Wildman–Crippen LogP) is 4.23. The first kappa shape index (κ1) is 19.1. The molecular weight excluding hydrogens is 350 g/mol. The van der Waals surface area contributed by atoms with Crippen LogP contribution in [0.5, 0.6) is 5.75 Å². The Morgan fingerprint density at radius 1 is 1.18 bits per heavy atom. The van der Waals surface area contributed by atoms with Crippen LogP contribution in [0.25, 0.3) is 0 Å². The Labute approximate surface area is 167 Å².